The third-order valence-corrected chi connectivity index (χ3v) is 3.73. The molecule has 0 amide bonds. The van der Waals surface area contributed by atoms with Crippen LogP contribution in [0, 0.1) is 11.3 Å². The van der Waals surface area contributed by atoms with Crippen molar-refractivity contribution in [3.05, 3.63) is 60.3 Å². The molecule has 114 valence electrons. The fraction of sp³-hybridized carbons (Fsp3) is 0.158. The van der Waals surface area contributed by atoms with Gasteiger partial charge in [-0.15, -0.1) is 0 Å². The third kappa shape index (κ3) is 2.58. The minimum Gasteiger partial charge on any atom is -0.461 e. The number of rotatable bonds is 4. The second kappa shape index (κ2) is 6.37. The van der Waals surface area contributed by atoms with E-state index < -0.39 is 5.97 Å². The minimum atomic E-state index is -0.405. The molecule has 2 aromatic carbocycles. The minimum absolute atomic E-state index is 0.0987. The molecular weight excluding hydrogens is 288 g/mol. The number of esters is 1. The molecule has 0 aliphatic heterocycles. The Morgan fingerprint density at radius 2 is 1.83 bits per heavy atom. The molecule has 0 unspecified atom stereocenters. The van der Waals surface area contributed by atoms with Crippen LogP contribution >= 0.6 is 0 Å². The lowest BCUT2D eigenvalue weighted by molar-refractivity contribution is 0.0516. The van der Waals surface area contributed by atoms with E-state index in [9.17, 15) is 10.1 Å². The number of ether oxygens (including phenoxy) is 1. The quantitative estimate of drug-likeness (QED) is 0.684. The van der Waals surface area contributed by atoms with E-state index in [0.717, 1.165) is 22.0 Å². The largest absolute Gasteiger partial charge is 0.461 e. The maximum absolute atomic E-state index is 12.6. The molecule has 4 heteroatoms. The van der Waals surface area contributed by atoms with Crippen molar-refractivity contribution < 1.29 is 9.53 Å². The van der Waals surface area contributed by atoms with E-state index in [-0.39, 0.29) is 6.54 Å². The van der Waals surface area contributed by atoms with Crippen LogP contribution in [0.2, 0.25) is 0 Å². The van der Waals surface area contributed by atoms with Crippen LogP contribution in [0.5, 0.6) is 0 Å². The van der Waals surface area contributed by atoms with Crippen LogP contribution in [0.3, 0.4) is 0 Å². The van der Waals surface area contributed by atoms with E-state index >= 15 is 0 Å². The first-order valence-electron chi connectivity index (χ1n) is 7.48. The lowest BCUT2D eigenvalue weighted by Crippen LogP contribution is -2.13. The van der Waals surface area contributed by atoms with Crippen LogP contribution in [-0.4, -0.2) is 17.1 Å². The van der Waals surface area contributed by atoms with Crippen molar-refractivity contribution in [2.24, 2.45) is 0 Å². The first-order valence-corrected chi connectivity index (χ1v) is 7.48. The van der Waals surface area contributed by atoms with Crippen molar-refractivity contribution >= 4 is 16.9 Å². The van der Waals surface area contributed by atoms with Gasteiger partial charge in [0.05, 0.1) is 18.2 Å². The smallest absolute Gasteiger partial charge is 0.355 e. The van der Waals surface area contributed by atoms with Gasteiger partial charge in [0.15, 0.2) is 0 Å². The molecule has 0 aliphatic rings. The zero-order chi connectivity index (χ0) is 16.2. The first-order chi connectivity index (χ1) is 11.3. The van der Waals surface area contributed by atoms with Crippen molar-refractivity contribution in [1.82, 2.24) is 4.57 Å². The van der Waals surface area contributed by atoms with Crippen LogP contribution < -0.4 is 0 Å². The van der Waals surface area contributed by atoms with Crippen molar-refractivity contribution in [2.45, 2.75) is 13.5 Å². The molecule has 0 radical (unpaired) electrons. The summed E-state index contributed by atoms with van der Waals surface area (Å²) >= 11 is 0. The molecule has 23 heavy (non-hydrogen) atoms. The Bertz CT molecular complexity index is 889. The molecule has 1 heterocycles. The molecule has 1 aromatic heterocycles. The Hall–Kier alpha value is -3.06. The first kappa shape index (κ1) is 14.9. The van der Waals surface area contributed by atoms with Gasteiger partial charge in [-0.2, -0.15) is 5.26 Å². The van der Waals surface area contributed by atoms with Crippen LogP contribution in [0.25, 0.3) is 22.0 Å². The highest BCUT2D eigenvalue weighted by Crippen LogP contribution is 2.35. The number of hydrogen-bond acceptors (Lipinski definition) is 3. The Kier molecular flexibility index (Phi) is 4.11. The lowest BCUT2D eigenvalue weighted by Gasteiger charge is -2.08. The van der Waals surface area contributed by atoms with E-state index in [4.69, 9.17) is 4.74 Å². The van der Waals surface area contributed by atoms with Gasteiger partial charge in [-0.1, -0.05) is 48.5 Å². The molecule has 0 saturated carbocycles. The van der Waals surface area contributed by atoms with Crippen molar-refractivity contribution in [1.29, 1.82) is 5.26 Å². The average Bonchev–Trinajstić information content (AvgIpc) is 2.91. The predicted molar refractivity (Wildman–Crippen MR) is 88.9 cm³/mol. The number of carbonyl (C=O) groups is 1. The summed E-state index contributed by atoms with van der Waals surface area (Å²) in [6, 6.07) is 19.6. The number of benzene rings is 2. The van der Waals surface area contributed by atoms with Gasteiger partial charge in [0.25, 0.3) is 0 Å². The monoisotopic (exact) mass is 304 g/mol. The van der Waals surface area contributed by atoms with E-state index in [2.05, 4.69) is 6.07 Å². The molecule has 0 fully saturated rings. The molecule has 0 spiro atoms. The van der Waals surface area contributed by atoms with Crippen LogP contribution in [0.15, 0.2) is 54.6 Å². The summed E-state index contributed by atoms with van der Waals surface area (Å²) in [6.07, 6.45) is 0. The normalized spacial score (nSPS) is 10.4. The standard InChI is InChI=1S/C19H16N2O2/c1-2-23-19(22)18-17(14-8-4-3-5-9-14)15-10-6-7-11-16(15)21(18)13-12-20/h3-11H,2,13H2,1H3. The van der Waals surface area contributed by atoms with Gasteiger partial charge in [0.1, 0.15) is 12.2 Å². The second-order valence-corrected chi connectivity index (χ2v) is 5.07. The highest BCUT2D eigenvalue weighted by atomic mass is 16.5. The van der Waals surface area contributed by atoms with Gasteiger partial charge in [0, 0.05) is 10.9 Å². The maximum Gasteiger partial charge on any atom is 0.355 e. The topological polar surface area (TPSA) is 55.0 Å². The zero-order valence-electron chi connectivity index (χ0n) is 12.8. The van der Waals surface area contributed by atoms with Gasteiger partial charge in [-0.3, -0.25) is 0 Å². The molecule has 4 nitrogen and oxygen atoms in total. The maximum atomic E-state index is 12.6. The van der Waals surface area contributed by atoms with Gasteiger partial charge in [0.2, 0.25) is 0 Å². The van der Waals surface area contributed by atoms with Crippen LogP contribution in [0.4, 0.5) is 0 Å². The summed E-state index contributed by atoms with van der Waals surface area (Å²) in [6.45, 7) is 2.17. The number of aromatic nitrogens is 1. The van der Waals surface area contributed by atoms with E-state index in [0.29, 0.717) is 12.3 Å². The molecule has 0 saturated heterocycles. The van der Waals surface area contributed by atoms with E-state index in [1.165, 1.54) is 0 Å². The SMILES string of the molecule is CCOC(=O)c1c(-c2ccccc2)c2ccccc2n1CC#N. The molecule has 0 aliphatic carbocycles. The van der Waals surface area contributed by atoms with Gasteiger partial charge in [-0.25, -0.2) is 4.79 Å². The third-order valence-electron chi connectivity index (χ3n) is 3.73. The zero-order valence-corrected chi connectivity index (χ0v) is 12.8. The summed E-state index contributed by atoms with van der Waals surface area (Å²) in [4.78, 5) is 12.6. The van der Waals surface area contributed by atoms with Crippen LogP contribution in [0.1, 0.15) is 17.4 Å². The number of nitriles is 1. The Balaban J connectivity index is 2.38. The van der Waals surface area contributed by atoms with Gasteiger partial charge < -0.3 is 9.30 Å². The van der Waals surface area contributed by atoms with Crippen LogP contribution in [-0.2, 0) is 11.3 Å². The highest BCUT2D eigenvalue weighted by Gasteiger charge is 2.24. The molecule has 0 bridgehead atoms. The number of para-hydroxylation sites is 1. The molecule has 0 N–H and O–H groups in total. The summed E-state index contributed by atoms with van der Waals surface area (Å²) < 4.78 is 6.97. The molecule has 3 rings (SSSR count). The lowest BCUT2D eigenvalue weighted by atomic mass is 10.0. The van der Waals surface area contributed by atoms with E-state index in [1.54, 1.807) is 11.5 Å². The summed E-state index contributed by atoms with van der Waals surface area (Å²) in [7, 11) is 0. The molecule has 0 atom stereocenters. The highest BCUT2D eigenvalue weighted by molar-refractivity contribution is 6.08. The second-order valence-electron chi connectivity index (χ2n) is 5.07. The number of nitrogens with zero attached hydrogens (tertiary/aromatic N) is 2. The van der Waals surface area contributed by atoms with Gasteiger partial charge >= 0.3 is 5.97 Å². The summed E-state index contributed by atoms with van der Waals surface area (Å²) in [5.41, 5.74) is 3.04. The fourth-order valence-corrected chi connectivity index (χ4v) is 2.85. The fourth-order valence-electron chi connectivity index (χ4n) is 2.85. The van der Waals surface area contributed by atoms with Crippen molar-refractivity contribution in [2.75, 3.05) is 6.61 Å². The Labute approximate surface area is 134 Å². The Morgan fingerprint density at radius 3 is 2.52 bits per heavy atom. The number of fused-ring (bicyclic) bond motifs is 1. The summed E-state index contributed by atoms with van der Waals surface area (Å²) in [5.74, 6) is -0.405. The van der Waals surface area contributed by atoms with Crippen molar-refractivity contribution in [3.8, 4) is 17.2 Å². The average molecular weight is 304 g/mol. The van der Waals surface area contributed by atoms with E-state index in [1.807, 2.05) is 54.6 Å². The van der Waals surface area contributed by atoms with Crippen molar-refractivity contribution in [3.63, 3.8) is 0 Å². The predicted octanol–water partition coefficient (Wildman–Crippen LogP) is 4.01. The molecule has 3 aromatic rings. The molecular formula is C19H16N2O2. The van der Waals surface area contributed by atoms with Gasteiger partial charge in [-0.05, 0) is 18.6 Å². The Morgan fingerprint density at radius 1 is 1.13 bits per heavy atom. The number of hydrogen-bond donors (Lipinski definition) is 0. The number of carbonyl (C=O) groups excluding carboxylic acids is 1. The summed E-state index contributed by atoms with van der Waals surface area (Å²) in [5, 5.41) is 10.1.